The van der Waals surface area contributed by atoms with Crippen LogP contribution >= 0.6 is 0 Å². The number of hydrogen-bond acceptors (Lipinski definition) is 1. The van der Waals surface area contributed by atoms with E-state index in [1.807, 2.05) is 0 Å². The molecule has 30 heavy (non-hydrogen) atoms. The molecule has 0 amide bonds. The maximum absolute atomic E-state index is 2.92. The van der Waals surface area contributed by atoms with Crippen LogP contribution in [-0.4, -0.2) is 9.13 Å². The topological polar surface area (TPSA) is 13.1 Å². The summed E-state index contributed by atoms with van der Waals surface area (Å²) in [5.41, 5.74) is 9.21. The summed E-state index contributed by atoms with van der Waals surface area (Å²) < 4.78 is 4.97. The van der Waals surface area contributed by atoms with Crippen molar-refractivity contribution < 1.29 is 0 Å². The third-order valence-corrected chi connectivity index (χ3v) is 9.60. The predicted octanol–water partition coefficient (Wildman–Crippen LogP) is 6.06. The number of nitrogens with zero attached hydrogens (tertiary/aromatic N) is 3. The molecule has 5 aliphatic rings. The summed E-state index contributed by atoms with van der Waals surface area (Å²) in [5.74, 6) is 3.54. The summed E-state index contributed by atoms with van der Waals surface area (Å²) >= 11 is 0. The van der Waals surface area contributed by atoms with Crippen LogP contribution in [0.15, 0.2) is 36.5 Å². The van der Waals surface area contributed by atoms with Gasteiger partial charge in [-0.15, -0.1) is 0 Å². The van der Waals surface area contributed by atoms with Gasteiger partial charge in [0.25, 0.3) is 0 Å². The van der Waals surface area contributed by atoms with Crippen LogP contribution < -0.4 is 4.90 Å². The highest BCUT2D eigenvalue weighted by Gasteiger charge is 2.66. The zero-order chi connectivity index (χ0) is 20.4. The van der Waals surface area contributed by atoms with E-state index >= 15 is 0 Å². The fourth-order valence-corrected chi connectivity index (χ4v) is 8.90. The summed E-state index contributed by atoms with van der Waals surface area (Å²) in [6.45, 7) is 4.80. The van der Waals surface area contributed by atoms with Gasteiger partial charge < -0.3 is 14.0 Å². The third kappa shape index (κ3) is 1.81. The highest BCUT2D eigenvalue weighted by atomic mass is 15.3. The Morgan fingerprint density at radius 3 is 2.23 bits per heavy atom. The van der Waals surface area contributed by atoms with E-state index in [1.54, 1.807) is 11.3 Å². The lowest BCUT2D eigenvalue weighted by Crippen LogP contribution is -2.62. The predicted molar refractivity (Wildman–Crippen MR) is 123 cm³/mol. The molecule has 0 saturated heterocycles. The van der Waals surface area contributed by atoms with Crippen LogP contribution in [0.2, 0.25) is 0 Å². The largest absolute Gasteiger partial charge is 0.353 e. The zero-order valence-electron chi connectivity index (χ0n) is 18.7. The molecule has 0 N–H and O–H groups in total. The van der Waals surface area contributed by atoms with Gasteiger partial charge in [0.05, 0.1) is 28.3 Å². The Morgan fingerprint density at radius 2 is 1.57 bits per heavy atom. The average Bonchev–Trinajstić information content (AvgIpc) is 3.31. The normalized spacial score (nSPS) is 36.4. The smallest absolute Gasteiger partial charge is 0.0870 e. The molecule has 4 saturated carbocycles. The summed E-state index contributed by atoms with van der Waals surface area (Å²) in [7, 11) is 4.58. The molecule has 1 unspecified atom stereocenters. The SMILES string of the molecule is Cc1ccccc1N1C(C)c2c(n(C)c3ccn(C)c23)C12C1CC3CC(C1)CC2C3. The van der Waals surface area contributed by atoms with Crippen molar-refractivity contribution >= 4 is 16.7 Å². The lowest BCUT2D eigenvalue weighted by Gasteiger charge is -2.64. The second-order valence-corrected chi connectivity index (χ2v) is 10.9. The second kappa shape index (κ2) is 5.55. The van der Waals surface area contributed by atoms with Crippen molar-refractivity contribution in [2.75, 3.05) is 4.90 Å². The monoisotopic (exact) mass is 399 g/mol. The highest BCUT2D eigenvalue weighted by molar-refractivity contribution is 5.87. The first-order valence-corrected chi connectivity index (χ1v) is 12.0. The van der Waals surface area contributed by atoms with E-state index in [1.165, 1.54) is 54.4 Å². The van der Waals surface area contributed by atoms with Crippen molar-refractivity contribution in [3.63, 3.8) is 0 Å². The number of benzene rings is 1. The van der Waals surface area contributed by atoms with Crippen LogP contribution in [0.4, 0.5) is 5.69 Å². The molecule has 3 aromatic rings. The summed E-state index contributed by atoms with van der Waals surface area (Å²) in [6, 6.07) is 11.9. The standard InChI is InChI=1S/C27H33N3/c1-16-7-5-6-8-22(16)30-17(2)24-25-23(9-10-28(25)3)29(4)26(24)27(30)20-12-18-11-19(14-20)15-21(27)13-18/h5-10,17-21H,11-15H2,1-4H3. The van der Waals surface area contributed by atoms with E-state index in [0.29, 0.717) is 6.04 Å². The Bertz CT molecular complexity index is 1150. The van der Waals surface area contributed by atoms with Gasteiger partial charge in [0, 0.05) is 31.5 Å². The van der Waals surface area contributed by atoms with Crippen molar-refractivity contribution in [2.45, 2.75) is 57.5 Å². The molecule has 2 aromatic heterocycles. The van der Waals surface area contributed by atoms with E-state index in [0.717, 1.165) is 23.7 Å². The van der Waals surface area contributed by atoms with E-state index in [4.69, 9.17) is 0 Å². The molecule has 3 nitrogen and oxygen atoms in total. The zero-order valence-corrected chi connectivity index (χ0v) is 18.7. The molecule has 1 atom stereocenters. The molecule has 1 aliphatic heterocycles. The minimum atomic E-state index is 0.169. The quantitative estimate of drug-likeness (QED) is 0.485. The third-order valence-electron chi connectivity index (χ3n) is 9.60. The van der Waals surface area contributed by atoms with Gasteiger partial charge in [-0.2, -0.15) is 0 Å². The number of rotatable bonds is 1. The molecule has 3 heterocycles. The van der Waals surface area contributed by atoms with Gasteiger partial charge in [0.15, 0.2) is 0 Å². The van der Waals surface area contributed by atoms with Crippen molar-refractivity contribution in [1.29, 1.82) is 0 Å². The lowest BCUT2D eigenvalue weighted by molar-refractivity contribution is -0.0629. The fourth-order valence-electron chi connectivity index (χ4n) is 8.90. The van der Waals surface area contributed by atoms with Crippen LogP contribution in [-0.2, 0) is 19.6 Å². The van der Waals surface area contributed by atoms with Crippen LogP contribution in [0.25, 0.3) is 11.0 Å². The van der Waals surface area contributed by atoms with Gasteiger partial charge in [-0.1, -0.05) is 18.2 Å². The van der Waals surface area contributed by atoms with Crippen LogP contribution in [0.3, 0.4) is 0 Å². The molecule has 0 radical (unpaired) electrons. The molecule has 4 bridgehead atoms. The number of para-hydroxylation sites is 1. The number of hydrogen-bond donors (Lipinski definition) is 0. The Labute approximate surface area is 179 Å². The first-order chi connectivity index (χ1) is 14.5. The second-order valence-electron chi connectivity index (χ2n) is 10.9. The highest BCUT2D eigenvalue weighted by Crippen LogP contribution is 2.69. The minimum Gasteiger partial charge on any atom is -0.353 e. The number of aryl methyl sites for hydroxylation is 3. The molecule has 1 aromatic carbocycles. The molecule has 8 rings (SSSR count). The first-order valence-electron chi connectivity index (χ1n) is 12.0. The minimum absolute atomic E-state index is 0.169. The summed E-state index contributed by atoms with van der Waals surface area (Å²) in [4.78, 5) is 2.92. The van der Waals surface area contributed by atoms with E-state index < -0.39 is 0 Å². The van der Waals surface area contributed by atoms with Gasteiger partial charge in [-0.05, 0) is 87.3 Å². The van der Waals surface area contributed by atoms with Gasteiger partial charge in [-0.25, -0.2) is 0 Å². The molecule has 4 aliphatic carbocycles. The van der Waals surface area contributed by atoms with Crippen LogP contribution in [0.5, 0.6) is 0 Å². The first kappa shape index (κ1) is 17.5. The Hall–Kier alpha value is -2.16. The van der Waals surface area contributed by atoms with Crippen molar-refractivity contribution in [3.05, 3.63) is 53.3 Å². The van der Waals surface area contributed by atoms with Crippen molar-refractivity contribution in [1.82, 2.24) is 9.13 Å². The molecule has 1 spiro atoms. The average molecular weight is 400 g/mol. The number of fused-ring (bicyclic) bond motifs is 3. The molecular weight excluding hydrogens is 366 g/mol. The van der Waals surface area contributed by atoms with E-state index in [9.17, 15) is 0 Å². The van der Waals surface area contributed by atoms with Crippen molar-refractivity contribution in [2.24, 2.45) is 37.8 Å². The number of anilines is 1. The summed E-state index contributed by atoms with van der Waals surface area (Å²) in [6.07, 6.45) is 9.49. The summed E-state index contributed by atoms with van der Waals surface area (Å²) in [5, 5.41) is 0. The van der Waals surface area contributed by atoms with Gasteiger partial charge in [0.1, 0.15) is 0 Å². The van der Waals surface area contributed by atoms with Gasteiger partial charge in [0.2, 0.25) is 0 Å². The van der Waals surface area contributed by atoms with E-state index in [2.05, 4.69) is 78.5 Å². The maximum atomic E-state index is 2.92. The Morgan fingerprint density at radius 1 is 0.900 bits per heavy atom. The Kier molecular flexibility index (Phi) is 3.24. The number of aromatic nitrogens is 2. The van der Waals surface area contributed by atoms with Gasteiger partial charge >= 0.3 is 0 Å². The fraction of sp³-hybridized carbons (Fsp3) is 0.556. The molecule has 156 valence electrons. The van der Waals surface area contributed by atoms with Crippen molar-refractivity contribution in [3.8, 4) is 0 Å². The van der Waals surface area contributed by atoms with Gasteiger partial charge in [-0.3, -0.25) is 0 Å². The maximum Gasteiger partial charge on any atom is 0.0870 e. The molecule has 3 heteroatoms. The Balaban J connectivity index is 1.58. The van der Waals surface area contributed by atoms with Crippen LogP contribution in [0.1, 0.15) is 61.9 Å². The molecular formula is C27H33N3. The lowest BCUT2D eigenvalue weighted by atomic mass is 9.47. The molecule has 4 fully saturated rings. The van der Waals surface area contributed by atoms with Crippen LogP contribution in [0, 0.1) is 30.6 Å². The van der Waals surface area contributed by atoms with E-state index in [-0.39, 0.29) is 5.54 Å².